The molecule has 1 saturated heterocycles. The van der Waals surface area contributed by atoms with Gasteiger partial charge in [-0.15, -0.1) is 0 Å². The van der Waals surface area contributed by atoms with Crippen molar-refractivity contribution in [2.75, 3.05) is 36.4 Å². The van der Waals surface area contributed by atoms with Crippen molar-refractivity contribution in [3.05, 3.63) is 40.9 Å². The van der Waals surface area contributed by atoms with Crippen molar-refractivity contribution in [1.82, 2.24) is 19.9 Å². The average molecular weight is 375 g/mol. The Bertz CT molecular complexity index is 754. The van der Waals surface area contributed by atoms with Crippen LogP contribution in [0.15, 0.2) is 24.4 Å². The number of hydrogen-bond acceptors (Lipinski definition) is 6. The molecule has 1 amide bonds. The molecule has 0 saturated carbocycles. The predicted octanol–water partition coefficient (Wildman–Crippen LogP) is 2.29. The van der Waals surface area contributed by atoms with E-state index in [0.717, 1.165) is 43.5 Å². The lowest BCUT2D eigenvalue weighted by molar-refractivity contribution is -0.120. The summed E-state index contributed by atoms with van der Waals surface area (Å²) in [4.78, 5) is 29.8. The molecule has 0 radical (unpaired) electrons. The van der Waals surface area contributed by atoms with Gasteiger partial charge >= 0.3 is 0 Å². The van der Waals surface area contributed by atoms with Crippen LogP contribution in [0.5, 0.6) is 0 Å². The van der Waals surface area contributed by atoms with Gasteiger partial charge in [-0.05, 0) is 32.9 Å². The average Bonchev–Trinajstić information content (AvgIpc) is 2.62. The van der Waals surface area contributed by atoms with Crippen molar-refractivity contribution >= 4 is 29.1 Å². The van der Waals surface area contributed by atoms with E-state index in [1.165, 1.54) is 6.20 Å². The molecule has 1 aliphatic heterocycles. The highest BCUT2D eigenvalue weighted by atomic mass is 35.5. The largest absolute Gasteiger partial charge is 0.354 e. The smallest absolute Gasteiger partial charge is 0.242 e. The molecule has 1 aliphatic rings. The Morgan fingerprint density at radius 1 is 1.19 bits per heavy atom. The van der Waals surface area contributed by atoms with Gasteiger partial charge in [0.2, 0.25) is 5.91 Å². The van der Waals surface area contributed by atoms with Crippen molar-refractivity contribution in [2.24, 2.45) is 0 Å². The highest BCUT2D eigenvalue weighted by molar-refractivity contribution is 6.30. The van der Waals surface area contributed by atoms with Crippen LogP contribution < -0.4 is 10.2 Å². The second kappa shape index (κ2) is 7.97. The molecule has 1 fully saturated rings. The summed E-state index contributed by atoms with van der Waals surface area (Å²) in [5, 5.41) is 3.38. The summed E-state index contributed by atoms with van der Waals surface area (Å²) in [6, 6.07) is 5.18. The van der Waals surface area contributed by atoms with Crippen LogP contribution in [0, 0.1) is 13.8 Å². The molecule has 0 bridgehead atoms. The molecular weight excluding hydrogens is 352 g/mol. The molecule has 7 nitrogen and oxygen atoms in total. The third-order valence-corrected chi connectivity index (χ3v) is 4.72. The van der Waals surface area contributed by atoms with Crippen LogP contribution in [0.1, 0.15) is 18.4 Å². The minimum Gasteiger partial charge on any atom is -0.354 e. The minimum absolute atomic E-state index is 0.0676. The van der Waals surface area contributed by atoms with E-state index < -0.39 is 0 Å². The third kappa shape index (κ3) is 4.47. The summed E-state index contributed by atoms with van der Waals surface area (Å²) >= 11 is 5.82. The highest BCUT2D eigenvalue weighted by Gasteiger charge is 2.26. The number of pyridine rings is 1. The molecule has 1 unspecified atom stereocenters. The van der Waals surface area contributed by atoms with E-state index in [2.05, 4.69) is 30.1 Å². The first-order valence-corrected chi connectivity index (χ1v) is 9.04. The third-order valence-electron chi connectivity index (χ3n) is 4.50. The second-order valence-corrected chi connectivity index (χ2v) is 6.90. The van der Waals surface area contributed by atoms with E-state index in [1.807, 2.05) is 26.8 Å². The molecule has 2 aromatic rings. The maximum atomic E-state index is 12.5. The van der Waals surface area contributed by atoms with Gasteiger partial charge in [0, 0.05) is 44.1 Å². The maximum Gasteiger partial charge on any atom is 0.242 e. The fraction of sp³-hybridized carbons (Fsp3) is 0.444. The Balaban J connectivity index is 1.56. The van der Waals surface area contributed by atoms with Crippen LogP contribution in [0.3, 0.4) is 0 Å². The second-order valence-electron chi connectivity index (χ2n) is 6.46. The fourth-order valence-electron chi connectivity index (χ4n) is 3.04. The number of aryl methyl sites for hydroxylation is 2. The molecule has 3 heterocycles. The molecular formula is C18H23ClN6O. The van der Waals surface area contributed by atoms with Gasteiger partial charge in [0.1, 0.15) is 17.5 Å². The van der Waals surface area contributed by atoms with Crippen molar-refractivity contribution < 1.29 is 4.79 Å². The number of hydrogen-bond donors (Lipinski definition) is 1. The molecule has 2 aromatic heterocycles. The lowest BCUT2D eigenvalue weighted by Crippen LogP contribution is -2.53. The number of piperazine rings is 1. The highest BCUT2D eigenvalue weighted by Crippen LogP contribution is 2.17. The lowest BCUT2D eigenvalue weighted by Gasteiger charge is -2.38. The molecule has 0 spiro atoms. The van der Waals surface area contributed by atoms with Crippen LogP contribution in [0.25, 0.3) is 0 Å². The fourth-order valence-corrected chi connectivity index (χ4v) is 3.16. The maximum absolute atomic E-state index is 12.5. The number of halogens is 1. The molecule has 26 heavy (non-hydrogen) atoms. The molecule has 1 N–H and O–H groups in total. The van der Waals surface area contributed by atoms with Crippen LogP contribution in [-0.2, 0) is 4.79 Å². The summed E-state index contributed by atoms with van der Waals surface area (Å²) in [5.41, 5.74) is 0.970. The van der Waals surface area contributed by atoms with Gasteiger partial charge in [0.25, 0.3) is 0 Å². The number of aromatic nitrogens is 3. The van der Waals surface area contributed by atoms with Crippen molar-refractivity contribution in [1.29, 1.82) is 0 Å². The molecule has 0 aliphatic carbocycles. The van der Waals surface area contributed by atoms with Crippen LogP contribution >= 0.6 is 11.6 Å². The van der Waals surface area contributed by atoms with Crippen molar-refractivity contribution in [3.63, 3.8) is 0 Å². The molecule has 3 rings (SSSR count). The standard InChI is InChI=1S/C18H23ClN6O/c1-12-10-17(22-14(3)21-12)25-8-6-24(7-9-25)13(2)18(26)23-16-5-4-15(19)11-20-16/h4-5,10-11,13H,6-9H2,1-3H3,(H,20,23,26). The summed E-state index contributed by atoms with van der Waals surface area (Å²) in [6.07, 6.45) is 1.52. The predicted molar refractivity (Wildman–Crippen MR) is 103 cm³/mol. The molecule has 8 heteroatoms. The van der Waals surface area contributed by atoms with E-state index in [1.54, 1.807) is 12.1 Å². The van der Waals surface area contributed by atoms with E-state index >= 15 is 0 Å². The van der Waals surface area contributed by atoms with Gasteiger partial charge in [-0.1, -0.05) is 11.6 Å². The molecule has 1 atom stereocenters. The Morgan fingerprint density at radius 3 is 2.54 bits per heavy atom. The van der Waals surface area contributed by atoms with Crippen molar-refractivity contribution in [3.8, 4) is 0 Å². The number of anilines is 2. The first kappa shape index (κ1) is 18.5. The Morgan fingerprint density at radius 2 is 1.92 bits per heavy atom. The minimum atomic E-state index is -0.233. The zero-order chi connectivity index (χ0) is 18.7. The quantitative estimate of drug-likeness (QED) is 0.885. The number of carbonyl (C=O) groups is 1. The summed E-state index contributed by atoms with van der Waals surface area (Å²) in [5.74, 6) is 2.18. The zero-order valence-corrected chi connectivity index (χ0v) is 16.0. The van der Waals surface area contributed by atoms with Crippen LogP contribution in [0.2, 0.25) is 5.02 Å². The normalized spacial score (nSPS) is 16.4. The Labute approximate surface area is 158 Å². The van der Waals surface area contributed by atoms with Gasteiger partial charge in [-0.2, -0.15) is 0 Å². The van der Waals surface area contributed by atoms with E-state index in [-0.39, 0.29) is 11.9 Å². The van der Waals surface area contributed by atoms with Crippen molar-refractivity contribution in [2.45, 2.75) is 26.8 Å². The van der Waals surface area contributed by atoms with Gasteiger partial charge < -0.3 is 10.2 Å². The zero-order valence-electron chi connectivity index (χ0n) is 15.2. The summed E-state index contributed by atoms with van der Waals surface area (Å²) in [6.45, 7) is 9.05. The SMILES string of the molecule is Cc1cc(N2CCN(C(C)C(=O)Nc3ccc(Cl)cn3)CC2)nc(C)n1. The van der Waals surface area contributed by atoms with Crippen LogP contribution in [0.4, 0.5) is 11.6 Å². The van der Waals surface area contributed by atoms with Crippen LogP contribution in [-0.4, -0.2) is 58.0 Å². The van der Waals surface area contributed by atoms with E-state index in [0.29, 0.717) is 10.8 Å². The Kier molecular flexibility index (Phi) is 5.68. The summed E-state index contributed by atoms with van der Waals surface area (Å²) < 4.78 is 0. The number of amides is 1. The van der Waals surface area contributed by atoms with E-state index in [4.69, 9.17) is 11.6 Å². The van der Waals surface area contributed by atoms with Gasteiger partial charge in [0.05, 0.1) is 11.1 Å². The van der Waals surface area contributed by atoms with Gasteiger partial charge in [-0.25, -0.2) is 15.0 Å². The number of nitrogens with zero attached hydrogens (tertiary/aromatic N) is 5. The van der Waals surface area contributed by atoms with E-state index in [9.17, 15) is 4.79 Å². The monoisotopic (exact) mass is 374 g/mol. The molecule has 138 valence electrons. The first-order chi connectivity index (χ1) is 12.4. The number of carbonyl (C=O) groups excluding carboxylic acids is 1. The lowest BCUT2D eigenvalue weighted by atomic mass is 10.2. The Hall–Kier alpha value is -2.25. The molecule has 0 aromatic carbocycles. The first-order valence-electron chi connectivity index (χ1n) is 8.66. The number of rotatable bonds is 4. The summed E-state index contributed by atoms with van der Waals surface area (Å²) in [7, 11) is 0. The topological polar surface area (TPSA) is 74.2 Å². The number of nitrogens with one attached hydrogen (secondary N) is 1. The van der Waals surface area contributed by atoms with Gasteiger partial charge in [0.15, 0.2) is 0 Å². The van der Waals surface area contributed by atoms with Gasteiger partial charge in [-0.3, -0.25) is 9.69 Å².